The van der Waals surface area contributed by atoms with Crippen molar-refractivity contribution in [3.63, 3.8) is 0 Å². The van der Waals surface area contributed by atoms with E-state index in [0.29, 0.717) is 6.54 Å². The summed E-state index contributed by atoms with van der Waals surface area (Å²) in [7, 11) is 0. The van der Waals surface area contributed by atoms with E-state index in [1.165, 1.54) is 12.1 Å². The van der Waals surface area contributed by atoms with Gasteiger partial charge in [0.05, 0.1) is 11.0 Å². The van der Waals surface area contributed by atoms with Gasteiger partial charge in [-0.15, -0.1) is 0 Å². The number of hydrogen-bond donors (Lipinski definition) is 1. The van der Waals surface area contributed by atoms with E-state index in [-0.39, 0.29) is 17.5 Å². The number of halogens is 1. The highest BCUT2D eigenvalue weighted by Crippen LogP contribution is 2.24. The molecule has 17 heavy (non-hydrogen) atoms. The summed E-state index contributed by atoms with van der Waals surface area (Å²) in [4.78, 5) is 9.81. The van der Waals surface area contributed by atoms with Gasteiger partial charge in [-0.3, -0.25) is 10.1 Å². The van der Waals surface area contributed by atoms with Gasteiger partial charge in [-0.05, 0) is 25.5 Å². The molecular weight excluding hydrogens is 227 g/mol. The van der Waals surface area contributed by atoms with E-state index in [9.17, 15) is 14.5 Å². The van der Waals surface area contributed by atoms with Crippen LogP contribution in [0, 0.1) is 15.9 Å². The molecule has 92 valence electrons. The highest BCUT2D eigenvalue weighted by molar-refractivity contribution is 5.37. The molecule has 6 heteroatoms. The highest BCUT2D eigenvalue weighted by atomic mass is 19.1. The van der Waals surface area contributed by atoms with Crippen LogP contribution in [-0.4, -0.2) is 24.1 Å². The minimum Gasteiger partial charge on any atom is -0.486 e. The second kappa shape index (κ2) is 5.09. The fraction of sp³-hybridized carbons (Fsp3) is 0.455. The Labute approximate surface area is 97.7 Å². The van der Waals surface area contributed by atoms with Crippen molar-refractivity contribution in [3.05, 3.63) is 34.1 Å². The fourth-order valence-corrected chi connectivity index (χ4v) is 1.80. The first-order valence-electron chi connectivity index (χ1n) is 5.48. The van der Waals surface area contributed by atoms with Crippen molar-refractivity contribution < 1.29 is 14.1 Å². The highest BCUT2D eigenvalue weighted by Gasteiger charge is 2.18. The smallest absolute Gasteiger partial charge is 0.272 e. The molecule has 1 heterocycles. The predicted molar refractivity (Wildman–Crippen MR) is 59.6 cm³/mol. The molecule has 5 nitrogen and oxygen atoms in total. The third-order valence-electron chi connectivity index (χ3n) is 2.67. The maximum absolute atomic E-state index is 13.5. The van der Waals surface area contributed by atoms with Crippen LogP contribution < -0.4 is 10.1 Å². The molecule has 0 saturated carbocycles. The molecule has 1 aromatic carbocycles. The molecule has 1 aromatic rings. The lowest BCUT2D eigenvalue weighted by molar-refractivity contribution is -0.385. The number of rotatable bonds is 3. The minimum absolute atomic E-state index is 0.0697. The Bertz CT molecular complexity index is 419. The lowest BCUT2D eigenvalue weighted by Gasteiger charge is -2.23. The van der Waals surface area contributed by atoms with E-state index in [2.05, 4.69) is 5.32 Å². The molecule has 1 fully saturated rings. The van der Waals surface area contributed by atoms with E-state index in [0.717, 1.165) is 25.5 Å². The molecule has 0 amide bonds. The topological polar surface area (TPSA) is 64.4 Å². The Balaban J connectivity index is 2.08. The van der Waals surface area contributed by atoms with Crippen LogP contribution in [0.25, 0.3) is 0 Å². The number of benzene rings is 1. The summed E-state index contributed by atoms with van der Waals surface area (Å²) in [6, 6.07) is 3.43. The molecule has 0 aliphatic carbocycles. The Kier molecular flexibility index (Phi) is 3.53. The minimum atomic E-state index is -0.690. The molecule has 0 spiro atoms. The summed E-state index contributed by atoms with van der Waals surface area (Å²) < 4.78 is 19.0. The standard InChI is InChI=1S/C11H13FN2O3/c12-10-6-8(14(15)16)3-4-11(10)17-9-2-1-5-13-7-9/h3-4,6,9,13H,1-2,5,7H2/t9-/m0/s1. The lowest BCUT2D eigenvalue weighted by Crippen LogP contribution is -2.37. The van der Waals surface area contributed by atoms with Crippen molar-refractivity contribution in [2.24, 2.45) is 0 Å². The molecule has 1 N–H and O–H groups in total. The number of nitrogens with one attached hydrogen (secondary N) is 1. The van der Waals surface area contributed by atoms with Gasteiger partial charge in [-0.2, -0.15) is 0 Å². The van der Waals surface area contributed by atoms with Crippen molar-refractivity contribution in [1.29, 1.82) is 0 Å². The fourth-order valence-electron chi connectivity index (χ4n) is 1.80. The predicted octanol–water partition coefficient (Wildman–Crippen LogP) is 1.86. The van der Waals surface area contributed by atoms with Crippen LogP contribution in [0.15, 0.2) is 18.2 Å². The molecule has 0 bridgehead atoms. The third-order valence-corrected chi connectivity index (χ3v) is 2.67. The number of hydrogen-bond acceptors (Lipinski definition) is 4. The quantitative estimate of drug-likeness (QED) is 0.647. The van der Waals surface area contributed by atoms with E-state index < -0.39 is 10.7 Å². The molecule has 2 rings (SSSR count). The monoisotopic (exact) mass is 240 g/mol. The van der Waals surface area contributed by atoms with Crippen LogP contribution in [0.1, 0.15) is 12.8 Å². The zero-order valence-electron chi connectivity index (χ0n) is 9.19. The molecule has 0 unspecified atom stereocenters. The van der Waals surface area contributed by atoms with Crippen LogP contribution in [0.2, 0.25) is 0 Å². The van der Waals surface area contributed by atoms with Crippen LogP contribution >= 0.6 is 0 Å². The first kappa shape index (κ1) is 11.8. The Hall–Kier alpha value is -1.69. The van der Waals surface area contributed by atoms with Gasteiger partial charge in [0.25, 0.3) is 5.69 Å². The Morgan fingerprint density at radius 3 is 2.94 bits per heavy atom. The lowest BCUT2D eigenvalue weighted by atomic mass is 10.1. The van der Waals surface area contributed by atoms with E-state index in [1.54, 1.807) is 0 Å². The average Bonchev–Trinajstić information content (AvgIpc) is 2.33. The van der Waals surface area contributed by atoms with E-state index in [4.69, 9.17) is 4.74 Å². The number of nitrogens with zero attached hydrogens (tertiary/aromatic N) is 1. The largest absolute Gasteiger partial charge is 0.486 e. The van der Waals surface area contributed by atoms with Crippen molar-refractivity contribution in [3.8, 4) is 5.75 Å². The second-order valence-corrected chi connectivity index (χ2v) is 3.96. The number of piperidine rings is 1. The van der Waals surface area contributed by atoms with Gasteiger partial charge < -0.3 is 10.1 Å². The van der Waals surface area contributed by atoms with Gasteiger partial charge in [0.1, 0.15) is 6.10 Å². The van der Waals surface area contributed by atoms with Gasteiger partial charge in [-0.1, -0.05) is 0 Å². The van der Waals surface area contributed by atoms with E-state index in [1.807, 2.05) is 0 Å². The zero-order chi connectivity index (χ0) is 12.3. The second-order valence-electron chi connectivity index (χ2n) is 3.96. The van der Waals surface area contributed by atoms with Crippen LogP contribution in [0.5, 0.6) is 5.75 Å². The van der Waals surface area contributed by atoms with Crippen molar-refractivity contribution >= 4 is 5.69 Å². The third kappa shape index (κ3) is 2.91. The first-order chi connectivity index (χ1) is 8.16. The van der Waals surface area contributed by atoms with Gasteiger partial charge in [0.15, 0.2) is 11.6 Å². The van der Waals surface area contributed by atoms with Crippen molar-refractivity contribution in [2.75, 3.05) is 13.1 Å². The summed E-state index contributed by atoms with van der Waals surface area (Å²) in [6.07, 6.45) is 1.78. The number of non-ortho nitro benzene ring substituents is 1. The summed E-state index contributed by atoms with van der Waals surface area (Å²) in [6.45, 7) is 1.62. The van der Waals surface area contributed by atoms with Crippen molar-refractivity contribution in [2.45, 2.75) is 18.9 Å². The van der Waals surface area contributed by atoms with Gasteiger partial charge in [0, 0.05) is 12.6 Å². The Morgan fingerprint density at radius 1 is 1.53 bits per heavy atom. The molecule has 0 radical (unpaired) electrons. The zero-order valence-corrected chi connectivity index (χ0v) is 9.19. The van der Waals surface area contributed by atoms with Crippen LogP contribution in [0.3, 0.4) is 0 Å². The maximum Gasteiger partial charge on any atom is 0.272 e. The normalized spacial score (nSPS) is 19.9. The van der Waals surface area contributed by atoms with Gasteiger partial charge in [-0.25, -0.2) is 4.39 Å². The maximum atomic E-state index is 13.5. The summed E-state index contributed by atoms with van der Waals surface area (Å²) in [5.74, 6) is -0.617. The van der Waals surface area contributed by atoms with Crippen molar-refractivity contribution in [1.82, 2.24) is 5.32 Å². The summed E-state index contributed by atoms with van der Waals surface area (Å²) >= 11 is 0. The van der Waals surface area contributed by atoms with Crippen LogP contribution in [0.4, 0.5) is 10.1 Å². The molecular formula is C11H13FN2O3. The summed E-state index contributed by atoms with van der Waals surface area (Å²) in [5.41, 5.74) is -0.267. The number of nitro benzene ring substituents is 1. The molecule has 1 aliphatic rings. The SMILES string of the molecule is O=[N+]([O-])c1ccc(O[C@H]2CCCNC2)c(F)c1. The molecule has 1 aliphatic heterocycles. The van der Waals surface area contributed by atoms with Crippen LogP contribution in [-0.2, 0) is 0 Å². The Morgan fingerprint density at radius 2 is 2.35 bits per heavy atom. The average molecular weight is 240 g/mol. The molecule has 1 atom stereocenters. The summed E-state index contributed by atoms with van der Waals surface area (Å²) in [5, 5.41) is 13.6. The first-order valence-corrected chi connectivity index (χ1v) is 5.48. The molecule has 1 saturated heterocycles. The van der Waals surface area contributed by atoms with E-state index >= 15 is 0 Å². The van der Waals surface area contributed by atoms with Gasteiger partial charge >= 0.3 is 0 Å². The van der Waals surface area contributed by atoms with Gasteiger partial charge in [0.2, 0.25) is 0 Å². The molecule has 0 aromatic heterocycles. The number of nitro groups is 1. The number of ether oxygens (including phenoxy) is 1.